The molecule has 0 unspecified atom stereocenters. The van der Waals surface area contributed by atoms with Crippen molar-refractivity contribution in [2.24, 2.45) is 5.92 Å². The van der Waals surface area contributed by atoms with Crippen LogP contribution in [0.5, 0.6) is 0 Å². The number of piperidine rings is 1. The largest absolute Gasteiger partial charge is 0.362 e. The van der Waals surface area contributed by atoms with Crippen LogP contribution in [0.2, 0.25) is 0 Å². The van der Waals surface area contributed by atoms with Crippen LogP contribution in [-0.2, 0) is 26.1 Å². The second-order valence-electron chi connectivity index (χ2n) is 8.85. The maximum Gasteiger partial charge on any atom is 0.290 e. The molecule has 2 aliphatic rings. The zero-order chi connectivity index (χ0) is 21.0. The Kier molecular flexibility index (Phi) is 7.28. The number of benzene rings is 2. The Hall–Kier alpha value is -2.63. The van der Waals surface area contributed by atoms with Gasteiger partial charge in [0.1, 0.15) is 5.69 Å². The van der Waals surface area contributed by atoms with Crippen molar-refractivity contribution in [3.05, 3.63) is 93.9 Å². The van der Waals surface area contributed by atoms with Gasteiger partial charge in [-0.2, -0.15) is 5.10 Å². The van der Waals surface area contributed by atoms with E-state index >= 15 is 0 Å². The van der Waals surface area contributed by atoms with Gasteiger partial charge in [0.2, 0.25) is 0 Å². The number of rotatable bonds is 5. The molecular weight excluding hydrogens is 420 g/mol. The molecule has 2 aliphatic heterocycles. The van der Waals surface area contributed by atoms with Crippen molar-refractivity contribution in [1.82, 2.24) is 14.7 Å². The second-order valence-corrected chi connectivity index (χ2v) is 8.85. The molecule has 1 saturated heterocycles. The Balaban J connectivity index is 0.00000245. The van der Waals surface area contributed by atoms with Gasteiger partial charge in [-0.15, -0.1) is 12.4 Å². The van der Waals surface area contributed by atoms with Crippen LogP contribution in [0.3, 0.4) is 0 Å². The minimum absolute atomic E-state index is 0. The molecule has 1 fully saturated rings. The lowest BCUT2D eigenvalue weighted by atomic mass is 9.96. The zero-order valence-corrected chi connectivity index (χ0v) is 19.2. The SMILES string of the molecule is Cl.O=c1c(N2CCc3ccccc3C2)ccnn1CC1CCN(Cc2ccccc2)CC1. The highest BCUT2D eigenvalue weighted by Crippen LogP contribution is 2.23. The van der Waals surface area contributed by atoms with Gasteiger partial charge in [0.15, 0.2) is 0 Å². The van der Waals surface area contributed by atoms with Gasteiger partial charge >= 0.3 is 0 Å². The standard InChI is InChI=1S/C26H30N4O.ClH/c31-26-25(29-17-13-23-8-4-5-9-24(23)20-29)10-14-27-30(26)19-22-11-15-28(16-12-22)18-21-6-2-1-3-7-21;/h1-10,14,22H,11-13,15-20H2;1H. The monoisotopic (exact) mass is 450 g/mol. The van der Waals surface area contributed by atoms with Crippen molar-refractivity contribution in [3.8, 4) is 0 Å². The van der Waals surface area contributed by atoms with E-state index in [9.17, 15) is 4.79 Å². The Morgan fingerprint density at radius 3 is 2.38 bits per heavy atom. The average molecular weight is 451 g/mol. The number of halogens is 1. The first kappa shape index (κ1) is 22.6. The molecule has 0 aliphatic carbocycles. The molecule has 0 amide bonds. The van der Waals surface area contributed by atoms with Crippen molar-refractivity contribution in [3.63, 3.8) is 0 Å². The number of hydrogen-bond acceptors (Lipinski definition) is 4. The highest BCUT2D eigenvalue weighted by molar-refractivity contribution is 5.85. The van der Waals surface area contributed by atoms with E-state index in [1.54, 1.807) is 10.9 Å². The Morgan fingerprint density at radius 2 is 1.59 bits per heavy atom. The molecule has 5 nitrogen and oxygen atoms in total. The van der Waals surface area contributed by atoms with Gasteiger partial charge in [-0.05, 0) is 61.0 Å². The summed E-state index contributed by atoms with van der Waals surface area (Å²) in [5, 5.41) is 4.42. The van der Waals surface area contributed by atoms with E-state index in [0.29, 0.717) is 5.92 Å². The van der Waals surface area contributed by atoms with Crippen molar-refractivity contribution in [2.75, 3.05) is 24.5 Å². The van der Waals surface area contributed by atoms with Gasteiger partial charge in [0.25, 0.3) is 5.56 Å². The molecule has 6 heteroatoms. The summed E-state index contributed by atoms with van der Waals surface area (Å²) in [6, 6.07) is 21.1. The molecule has 0 spiro atoms. The van der Waals surface area contributed by atoms with E-state index in [4.69, 9.17) is 0 Å². The molecule has 32 heavy (non-hydrogen) atoms. The lowest BCUT2D eigenvalue weighted by molar-refractivity contribution is 0.163. The number of aromatic nitrogens is 2. The maximum atomic E-state index is 13.2. The van der Waals surface area contributed by atoms with E-state index < -0.39 is 0 Å². The molecule has 0 N–H and O–H groups in total. The summed E-state index contributed by atoms with van der Waals surface area (Å²) in [5.74, 6) is 0.509. The maximum absolute atomic E-state index is 13.2. The number of fused-ring (bicyclic) bond motifs is 1. The third kappa shape index (κ3) is 5.05. The van der Waals surface area contributed by atoms with E-state index in [0.717, 1.165) is 64.2 Å². The molecule has 0 saturated carbocycles. The Labute approximate surface area is 196 Å². The van der Waals surface area contributed by atoms with Crippen LogP contribution in [0.4, 0.5) is 5.69 Å². The lowest BCUT2D eigenvalue weighted by Gasteiger charge is -2.32. The predicted octanol–water partition coefficient (Wildman–Crippen LogP) is 4.14. The summed E-state index contributed by atoms with van der Waals surface area (Å²) in [5.41, 5.74) is 4.92. The summed E-state index contributed by atoms with van der Waals surface area (Å²) in [7, 11) is 0. The molecule has 0 bridgehead atoms. The van der Waals surface area contributed by atoms with Crippen molar-refractivity contribution < 1.29 is 0 Å². The van der Waals surface area contributed by atoms with Gasteiger partial charge in [-0.25, -0.2) is 4.68 Å². The summed E-state index contributed by atoms with van der Waals surface area (Å²) in [6.07, 6.45) is 5.00. The molecular formula is C26H31ClN4O. The van der Waals surface area contributed by atoms with E-state index in [2.05, 4.69) is 69.5 Å². The first-order valence-corrected chi connectivity index (χ1v) is 11.4. The van der Waals surface area contributed by atoms with Crippen LogP contribution in [-0.4, -0.2) is 34.3 Å². The van der Waals surface area contributed by atoms with Gasteiger partial charge in [0.05, 0.1) is 0 Å². The number of nitrogens with zero attached hydrogens (tertiary/aromatic N) is 4. The topological polar surface area (TPSA) is 41.4 Å². The normalized spacial score (nSPS) is 16.9. The van der Waals surface area contributed by atoms with Gasteiger partial charge < -0.3 is 4.90 Å². The predicted molar refractivity (Wildman–Crippen MR) is 131 cm³/mol. The number of likely N-dealkylation sites (tertiary alicyclic amines) is 1. The van der Waals surface area contributed by atoms with Gasteiger partial charge in [-0.3, -0.25) is 9.69 Å². The average Bonchev–Trinajstić information content (AvgIpc) is 2.82. The smallest absolute Gasteiger partial charge is 0.290 e. The highest BCUT2D eigenvalue weighted by atomic mass is 35.5. The van der Waals surface area contributed by atoms with Crippen LogP contribution < -0.4 is 10.5 Å². The van der Waals surface area contributed by atoms with Gasteiger partial charge in [-0.1, -0.05) is 54.6 Å². The summed E-state index contributed by atoms with van der Waals surface area (Å²) in [6.45, 7) is 5.57. The second kappa shape index (κ2) is 10.3. The molecule has 2 aromatic carbocycles. The van der Waals surface area contributed by atoms with Crippen LogP contribution in [0.1, 0.15) is 29.5 Å². The van der Waals surface area contributed by atoms with Gasteiger partial charge in [0, 0.05) is 32.4 Å². The third-order valence-corrected chi connectivity index (χ3v) is 6.75. The van der Waals surface area contributed by atoms with Crippen molar-refractivity contribution in [2.45, 2.75) is 38.9 Å². The Bertz CT molecular complexity index is 1080. The fourth-order valence-corrected chi connectivity index (χ4v) is 4.93. The number of hydrogen-bond donors (Lipinski definition) is 0. The fourth-order valence-electron chi connectivity index (χ4n) is 4.93. The molecule has 3 heterocycles. The first-order valence-electron chi connectivity index (χ1n) is 11.4. The number of anilines is 1. The zero-order valence-electron chi connectivity index (χ0n) is 18.4. The molecule has 168 valence electrons. The molecule has 0 radical (unpaired) electrons. The van der Waals surface area contributed by atoms with E-state index in [1.165, 1.54) is 16.7 Å². The molecule has 3 aromatic rings. The third-order valence-electron chi connectivity index (χ3n) is 6.75. The Morgan fingerprint density at radius 1 is 0.875 bits per heavy atom. The van der Waals surface area contributed by atoms with E-state index in [-0.39, 0.29) is 18.0 Å². The first-order chi connectivity index (χ1) is 15.3. The molecule has 5 rings (SSSR count). The summed E-state index contributed by atoms with van der Waals surface area (Å²) < 4.78 is 1.70. The van der Waals surface area contributed by atoms with Crippen molar-refractivity contribution >= 4 is 18.1 Å². The van der Waals surface area contributed by atoms with Crippen LogP contribution in [0, 0.1) is 5.92 Å². The minimum atomic E-state index is 0. The summed E-state index contributed by atoms with van der Waals surface area (Å²) >= 11 is 0. The summed E-state index contributed by atoms with van der Waals surface area (Å²) in [4.78, 5) is 17.9. The van der Waals surface area contributed by atoms with Crippen LogP contribution in [0.25, 0.3) is 0 Å². The highest BCUT2D eigenvalue weighted by Gasteiger charge is 2.23. The van der Waals surface area contributed by atoms with E-state index in [1.807, 2.05) is 6.07 Å². The van der Waals surface area contributed by atoms with Crippen LogP contribution >= 0.6 is 12.4 Å². The molecule has 1 aromatic heterocycles. The quantitative estimate of drug-likeness (QED) is 0.585. The molecule has 0 atom stereocenters. The fraction of sp³-hybridized carbons (Fsp3) is 0.385. The van der Waals surface area contributed by atoms with Crippen LogP contribution in [0.15, 0.2) is 71.7 Å². The van der Waals surface area contributed by atoms with Crippen molar-refractivity contribution in [1.29, 1.82) is 0 Å². The minimum Gasteiger partial charge on any atom is -0.362 e. The lowest BCUT2D eigenvalue weighted by Crippen LogP contribution is -2.39.